The number of fused-ring (bicyclic) bond motifs is 1. The Morgan fingerprint density at radius 2 is 1.87 bits per heavy atom. The molecule has 2 amide bonds. The number of carbonyl (C=O) groups excluding carboxylic acids is 2. The van der Waals surface area contributed by atoms with E-state index in [-0.39, 0.29) is 23.9 Å². The monoisotopic (exact) mass is 439 g/mol. The number of aromatic nitrogens is 2. The standard InChI is InChI=1S/C22H25N5O3S/c1-13(28)25-16-5-3-4-6-17(16)26-22-27-18-8-7-14(12-20(18)31-22)30-15-9-10-24-19(11-15)21(29)23-2/h7-12,16-17H,3-6H2,1-2H3,(H,23,29)(H,25,28)(H,26,27)/t16-,17+/m1/s1. The molecule has 0 saturated heterocycles. The van der Waals surface area contributed by atoms with E-state index < -0.39 is 0 Å². The van der Waals surface area contributed by atoms with Crippen molar-refractivity contribution in [2.24, 2.45) is 0 Å². The molecule has 0 unspecified atom stereocenters. The van der Waals surface area contributed by atoms with Crippen LogP contribution >= 0.6 is 11.3 Å². The summed E-state index contributed by atoms with van der Waals surface area (Å²) < 4.78 is 6.93. The summed E-state index contributed by atoms with van der Waals surface area (Å²) in [6, 6.07) is 9.32. The van der Waals surface area contributed by atoms with E-state index >= 15 is 0 Å². The first kappa shape index (κ1) is 21.0. The molecule has 3 N–H and O–H groups in total. The van der Waals surface area contributed by atoms with Gasteiger partial charge in [0.2, 0.25) is 5.91 Å². The van der Waals surface area contributed by atoms with E-state index in [0.29, 0.717) is 17.2 Å². The average molecular weight is 440 g/mol. The third kappa shape index (κ3) is 5.11. The largest absolute Gasteiger partial charge is 0.457 e. The first-order valence-electron chi connectivity index (χ1n) is 10.3. The smallest absolute Gasteiger partial charge is 0.269 e. The molecule has 9 heteroatoms. The number of thiazole rings is 1. The fourth-order valence-corrected chi connectivity index (χ4v) is 4.75. The molecule has 0 spiro atoms. The molecular formula is C22H25N5O3S. The number of hydrogen-bond acceptors (Lipinski definition) is 7. The minimum Gasteiger partial charge on any atom is -0.457 e. The van der Waals surface area contributed by atoms with Crippen molar-refractivity contribution < 1.29 is 14.3 Å². The Balaban J connectivity index is 1.49. The second-order valence-electron chi connectivity index (χ2n) is 7.55. The summed E-state index contributed by atoms with van der Waals surface area (Å²) in [4.78, 5) is 32.0. The lowest BCUT2D eigenvalue weighted by atomic mass is 9.90. The minimum absolute atomic E-state index is 0.000442. The van der Waals surface area contributed by atoms with Crippen LogP contribution in [0.3, 0.4) is 0 Å². The third-order valence-corrected chi connectivity index (χ3v) is 6.20. The van der Waals surface area contributed by atoms with Crippen molar-refractivity contribution in [2.45, 2.75) is 44.7 Å². The van der Waals surface area contributed by atoms with Crippen molar-refractivity contribution in [3.8, 4) is 11.5 Å². The summed E-state index contributed by atoms with van der Waals surface area (Å²) in [5.41, 5.74) is 1.18. The van der Waals surface area contributed by atoms with Gasteiger partial charge in [-0.3, -0.25) is 14.6 Å². The predicted octanol–water partition coefficient (Wildman–Crippen LogP) is 3.70. The number of nitrogens with zero attached hydrogens (tertiary/aromatic N) is 2. The van der Waals surface area contributed by atoms with E-state index in [1.54, 1.807) is 43.6 Å². The molecule has 0 aliphatic heterocycles. The Labute approximate surface area is 184 Å². The quantitative estimate of drug-likeness (QED) is 0.541. The van der Waals surface area contributed by atoms with Crippen molar-refractivity contribution in [1.29, 1.82) is 0 Å². The summed E-state index contributed by atoms with van der Waals surface area (Å²) in [7, 11) is 1.56. The summed E-state index contributed by atoms with van der Waals surface area (Å²) in [5, 5.41) is 9.97. The molecule has 2 atom stereocenters. The highest BCUT2D eigenvalue weighted by atomic mass is 32.1. The molecule has 1 aromatic carbocycles. The first-order valence-corrected chi connectivity index (χ1v) is 11.1. The van der Waals surface area contributed by atoms with Gasteiger partial charge < -0.3 is 20.7 Å². The topological polar surface area (TPSA) is 105 Å². The van der Waals surface area contributed by atoms with Crippen molar-refractivity contribution >= 4 is 38.5 Å². The molecule has 162 valence electrons. The van der Waals surface area contributed by atoms with Gasteiger partial charge in [0.15, 0.2) is 5.13 Å². The van der Waals surface area contributed by atoms with Crippen molar-refractivity contribution in [1.82, 2.24) is 20.6 Å². The average Bonchev–Trinajstić information content (AvgIpc) is 3.16. The molecule has 0 radical (unpaired) electrons. The van der Waals surface area contributed by atoms with E-state index in [0.717, 1.165) is 41.0 Å². The Bertz CT molecular complexity index is 1100. The van der Waals surface area contributed by atoms with Crippen molar-refractivity contribution in [2.75, 3.05) is 12.4 Å². The summed E-state index contributed by atoms with van der Waals surface area (Å²) in [5.74, 6) is 0.932. The number of hydrogen-bond donors (Lipinski definition) is 3. The fraction of sp³-hybridized carbons (Fsp3) is 0.364. The molecular weight excluding hydrogens is 414 g/mol. The molecule has 1 fully saturated rings. The SMILES string of the molecule is CNC(=O)c1cc(Oc2ccc3nc(N[C@H]4CCCC[C@H]4NC(C)=O)sc3c2)ccn1. The van der Waals surface area contributed by atoms with Gasteiger partial charge in [-0.2, -0.15) is 0 Å². The maximum atomic E-state index is 11.8. The highest BCUT2D eigenvalue weighted by Crippen LogP contribution is 2.33. The van der Waals surface area contributed by atoms with Crippen LogP contribution in [0.4, 0.5) is 5.13 Å². The molecule has 4 rings (SSSR count). The van der Waals surface area contributed by atoms with Crippen LogP contribution in [0.5, 0.6) is 11.5 Å². The van der Waals surface area contributed by atoms with Gasteiger partial charge in [0.1, 0.15) is 17.2 Å². The highest BCUT2D eigenvalue weighted by molar-refractivity contribution is 7.22. The molecule has 3 aromatic rings. The van der Waals surface area contributed by atoms with Crippen LogP contribution < -0.4 is 20.7 Å². The van der Waals surface area contributed by atoms with Crippen LogP contribution in [0, 0.1) is 0 Å². The van der Waals surface area contributed by atoms with Gasteiger partial charge in [0, 0.05) is 44.4 Å². The van der Waals surface area contributed by atoms with Crippen molar-refractivity contribution in [3.63, 3.8) is 0 Å². The summed E-state index contributed by atoms with van der Waals surface area (Å²) >= 11 is 1.56. The number of nitrogens with one attached hydrogen (secondary N) is 3. The van der Waals surface area contributed by atoms with Gasteiger partial charge in [0.25, 0.3) is 5.91 Å². The second kappa shape index (κ2) is 9.30. The first-order chi connectivity index (χ1) is 15.0. The van der Waals surface area contributed by atoms with E-state index in [2.05, 4.69) is 20.9 Å². The minimum atomic E-state index is -0.264. The van der Waals surface area contributed by atoms with Gasteiger partial charge in [-0.1, -0.05) is 24.2 Å². The van der Waals surface area contributed by atoms with Crippen molar-refractivity contribution in [3.05, 3.63) is 42.2 Å². The number of ether oxygens (including phenoxy) is 1. The molecule has 31 heavy (non-hydrogen) atoms. The van der Waals surface area contributed by atoms with Crippen LogP contribution in [-0.4, -0.2) is 40.9 Å². The predicted molar refractivity (Wildman–Crippen MR) is 121 cm³/mol. The number of rotatable bonds is 6. The summed E-state index contributed by atoms with van der Waals surface area (Å²) in [6.45, 7) is 1.56. The van der Waals surface area contributed by atoms with Gasteiger partial charge in [-0.25, -0.2) is 4.98 Å². The van der Waals surface area contributed by atoms with Crippen LogP contribution in [0.15, 0.2) is 36.5 Å². The molecule has 1 aliphatic rings. The third-order valence-electron chi connectivity index (χ3n) is 5.25. The molecule has 1 saturated carbocycles. The highest BCUT2D eigenvalue weighted by Gasteiger charge is 2.26. The molecule has 8 nitrogen and oxygen atoms in total. The lowest BCUT2D eigenvalue weighted by Crippen LogP contribution is -2.47. The lowest BCUT2D eigenvalue weighted by Gasteiger charge is -2.32. The Hall–Kier alpha value is -3.20. The number of pyridine rings is 1. The zero-order valence-corrected chi connectivity index (χ0v) is 18.3. The number of carbonyl (C=O) groups is 2. The van der Waals surface area contributed by atoms with E-state index in [4.69, 9.17) is 9.72 Å². The maximum absolute atomic E-state index is 11.8. The number of anilines is 1. The van der Waals surface area contributed by atoms with Gasteiger partial charge in [-0.15, -0.1) is 0 Å². The lowest BCUT2D eigenvalue weighted by molar-refractivity contribution is -0.119. The Morgan fingerprint density at radius 1 is 1.10 bits per heavy atom. The molecule has 2 heterocycles. The summed E-state index contributed by atoms with van der Waals surface area (Å²) in [6.07, 6.45) is 5.79. The zero-order chi connectivity index (χ0) is 21.8. The number of amides is 2. The second-order valence-corrected chi connectivity index (χ2v) is 8.58. The van der Waals surface area contributed by atoms with Gasteiger partial charge >= 0.3 is 0 Å². The van der Waals surface area contributed by atoms with Crippen LogP contribution in [0.2, 0.25) is 0 Å². The fourth-order valence-electron chi connectivity index (χ4n) is 3.79. The molecule has 0 bridgehead atoms. The Kier molecular flexibility index (Phi) is 6.31. The van der Waals surface area contributed by atoms with Gasteiger partial charge in [-0.05, 0) is 31.0 Å². The van der Waals surface area contributed by atoms with E-state index in [9.17, 15) is 9.59 Å². The maximum Gasteiger partial charge on any atom is 0.269 e. The van der Waals surface area contributed by atoms with Crippen LogP contribution in [-0.2, 0) is 4.79 Å². The molecule has 1 aliphatic carbocycles. The molecule has 2 aromatic heterocycles. The normalized spacial score (nSPS) is 18.4. The van der Waals surface area contributed by atoms with E-state index in [1.165, 1.54) is 0 Å². The van der Waals surface area contributed by atoms with E-state index in [1.807, 2.05) is 18.2 Å². The van der Waals surface area contributed by atoms with Gasteiger partial charge in [0.05, 0.1) is 10.2 Å². The number of benzene rings is 1. The zero-order valence-electron chi connectivity index (χ0n) is 17.5. The Morgan fingerprint density at radius 3 is 2.65 bits per heavy atom. The van der Waals surface area contributed by atoms with Crippen LogP contribution in [0.1, 0.15) is 43.1 Å². The van der Waals surface area contributed by atoms with Crippen LogP contribution in [0.25, 0.3) is 10.2 Å².